The van der Waals surface area contributed by atoms with Crippen molar-refractivity contribution in [2.75, 3.05) is 44.4 Å². The molecule has 2 N–H and O–H groups in total. The Morgan fingerprint density at radius 2 is 2.05 bits per heavy atom. The van der Waals surface area contributed by atoms with E-state index in [1.807, 2.05) is 14.0 Å². The summed E-state index contributed by atoms with van der Waals surface area (Å²) in [6.07, 6.45) is 2.18. The Bertz CT molecular complexity index is 459. The molecule has 1 saturated heterocycles. The largest absolute Gasteiger partial charge is 0.491 e. The molecule has 0 amide bonds. The third-order valence-electron chi connectivity index (χ3n) is 4.00. The number of rotatable bonds is 4. The zero-order valence-corrected chi connectivity index (χ0v) is 12.5. The van der Waals surface area contributed by atoms with E-state index in [-0.39, 0.29) is 5.75 Å². The first kappa shape index (κ1) is 14.9. The molecule has 0 spiro atoms. The number of hydrogen-bond acceptors (Lipinski definition) is 4. The Kier molecular flexibility index (Phi) is 4.70. The van der Waals surface area contributed by atoms with E-state index in [9.17, 15) is 4.39 Å². The minimum Gasteiger partial charge on any atom is -0.491 e. The number of halogens is 1. The zero-order valence-electron chi connectivity index (χ0n) is 12.5. The molecule has 0 saturated carbocycles. The number of anilines is 2. The lowest BCUT2D eigenvalue weighted by atomic mass is 10.0. The lowest BCUT2D eigenvalue weighted by Gasteiger charge is -2.37. The maximum atomic E-state index is 13.7. The molecule has 1 aliphatic heterocycles. The molecule has 5 heteroatoms. The fraction of sp³-hybridized carbons (Fsp3) is 0.600. The fourth-order valence-electron chi connectivity index (χ4n) is 2.71. The van der Waals surface area contributed by atoms with E-state index < -0.39 is 5.82 Å². The second-order valence-corrected chi connectivity index (χ2v) is 5.42. The summed E-state index contributed by atoms with van der Waals surface area (Å²) in [5.41, 5.74) is 7.29. The number of nitrogens with two attached hydrogens (primary N) is 1. The second-order valence-electron chi connectivity index (χ2n) is 5.42. The number of ether oxygens (including phenoxy) is 1. The van der Waals surface area contributed by atoms with Crippen LogP contribution >= 0.6 is 0 Å². The molecule has 1 aromatic rings. The maximum Gasteiger partial charge on any atom is 0.167 e. The monoisotopic (exact) mass is 281 g/mol. The van der Waals surface area contributed by atoms with Gasteiger partial charge in [0.15, 0.2) is 11.6 Å². The number of likely N-dealkylation sites (tertiary alicyclic amines) is 1. The lowest BCUT2D eigenvalue weighted by molar-refractivity contribution is 0.253. The van der Waals surface area contributed by atoms with Crippen LogP contribution in [-0.4, -0.2) is 44.7 Å². The smallest absolute Gasteiger partial charge is 0.167 e. The summed E-state index contributed by atoms with van der Waals surface area (Å²) in [7, 11) is 4.16. The summed E-state index contributed by atoms with van der Waals surface area (Å²) in [6, 6.07) is 3.51. The Labute approximate surface area is 120 Å². The molecular formula is C15H24FN3O. The van der Waals surface area contributed by atoms with Crippen molar-refractivity contribution in [1.82, 2.24) is 4.90 Å². The van der Waals surface area contributed by atoms with Gasteiger partial charge in [0.25, 0.3) is 0 Å². The van der Waals surface area contributed by atoms with Gasteiger partial charge in [0.05, 0.1) is 18.0 Å². The van der Waals surface area contributed by atoms with Crippen LogP contribution in [0.1, 0.15) is 19.8 Å². The molecule has 0 bridgehead atoms. The Balaban J connectivity index is 2.20. The number of benzene rings is 1. The predicted molar refractivity (Wildman–Crippen MR) is 80.9 cm³/mol. The van der Waals surface area contributed by atoms with E-state index in [0.717, 1.165) is 31.6 Å². The van der Waals surface area contributed by atoms with Gasteiger partial charge < -0.3 is 20.3 Å². The highest BCUT2D eigenvalue weighted by molar-refractivity contribution is 5.70. The van der Waals surface area contributed by atoms with Gasteiger partial charge in [-0.05, 0) is 39.9 Å². The van der Waals surface area contributed by atoms with Crippen molar-refractivity contribution >= 4 is 11.4 Å². The van der Waals surface area contributed by atoms with E-state index in [1.165, 1.54) is 6.07 Å². The second kappa shape index (κ2) is 6.31. The average molecular weight is 281 g/mol. The van der Waals surface area contributed by atoms with Crippen molar-refractivity contribution in [3.63, 3.8) is 0 Å². The third kappa shape index (κ3) is 3.15. The summed E-state index contributed by atoms with van der Waals surface area (Å²) in [5, 5.41) is 0. The first-order chi connectivity index (χ1) is 9.52. The number of nitrogen functional groups attached to an aromatic ring is 1. The molecule has 2 rings (SSSR count). The van der Waals surface area contributed by atoms with Crippen LogP contribution in [0.25, 0.3) is 0 Å². The standard InChI is InChI=1S/C15H24FN3O/c1-4-20-15-10-14(13(17)9-12(15)16)19(3)11-5-7-18(2)8-6-11/h9-11H,4-8,17H2,1-3H3. The van der Waals surface area contributed by atoms with Gasteiger partial charge in [-0.25, -0.2) is 4.39 Å². The van der Waals surface area contributed by atoms with Crippen LogP contribution in [0.15, 0.2) is 12.1 Å². The van der Waals surface area contributed by atoms with E-state index in [2.05, 4.69) is 16.8 Å². The molecule has 0 aliphatic carbocycles. The van der Waals surface area contributed by atoms with Crippen molar-refractivity contribution in [1.29, 1.82) is 0 Å². The summed E-state index contributed by atoms with van der Waals surface area (Å²) >= 11 is 0. The summed E-state index contributed by atoms with van der Waals surface area (Å²) in [6.45, 7) is 4.44. The van der Waals surface area contributed by atoms with E-state index in [0.29, 0.717) is 18.3 Å². The number of nitrogens with zero attached hydrogens (tertiary/aromatic N) is 2. The van der Waals surface area contributed by atoms with E-state index >= 15 is 0 Å². The van der Waals surface area contributed by atoms with Crippen LogP contribution in [0, 0.1) is 5.82 Å². The molecule has 1 aliphatic rings. The third-order valence-corrected chi connectivity index (χ3v) is 4.00. The van der Waals surface area contributed by atoms with Gasteiger partial charge in [-0.3, -0.25) is 0 Å². The minimum absolute atomic E-state index is 0.275. The molecule has 0 radical (unpaired) electrons. The molecule has 4 nitrogen and oxygen atoms in total. The van der Waals surface area contributed by atoms with Gasteiger partial charge >= 0.3 is 0 Å². The van der Waals surface area contributed by atoms with Crippen molar-refractivity contribution in [3.05, 3.63) is 17.9 Å². The van der Waals surface area contributed by atoms with E-state index in [4.69, 9.17) is 10.5 Å². The molecule has 0 unspecified atom stereocenters. The first-order valence-electron chi connectivity index (χ1n) is 7.16. The van der Waals surface area contributed by atoms with Gasteiger partial charge in [0.2, 0.25) is 0 Å². The molecule has 0 aromatic heterocycles. The van der Waals surface area contributed by atoms with Crippen LogP contribution in [0.5, 0.6) is 5.75 Å². The van der Waals surface area contributed by atoms with Crippen LogP contribution in [0.4, 0.5) is 15.8 Å². The van der Waals surface area contributed by atoms with Gasteiger partial charge in [0, 0.05) is 25.2 Å². The quantitative estimate of drug-likeness (QED) is 0.860. The molecule has 112 valence electrons. The number of hydrogen-bond donors (Lipinski definition) is 1. The number of piperidine rings is 1. The minimum atomic E-state index is -0.398. The van der Waals surface area contributed by atoms with Crippen molar-refractivity contribution in [2.24, 2.45) is 0 Å². The topological polar surface area (TPSA) is 41.7 Å². The zero-order chi connectivity index (χ0) is 14.7. The molecule has 0 atom stereocenters. The Morgan fingerprint density at radius 1 is 1.40 bits per heavy atom. The van der Waals surface area contributed by atoms with Crippen molar-refractivity contribution < 1.29 is 9.13 Å². The average Bonchev–Trinajstić information content (AvgIpc) is 2.42. The maximum absolute atomic E-state index is 13.7. The normalized spacial score (nSPS) is 17.2. The predicted octanol–water partition coefficient (Wildman–Crippen LogP) is 2.34. The Morgan fingerprint density at radius 3 is 2.65 bits per heavy atom. The van der Waals surface area contributed by atoms with Crippen LogP contribution < -0.4 is 15.4 Å². The van der Waals surface area contributed by atoms with E-state index in [1.54, 1.807) is 6.07 Å². The lowest BCUT2D eigenvalue weighted by Crippen LogP contribution is -2.42. The SMILES string of the molecule is CCOc1cc(N(C)C2CCN(C)CC2)c(N)cc1F. The highest BCUT2D eigenvalue weighted by Gasteiger charge is 2.23. The molecule has 1 fully saturated rings. The molecule has 1 aromatic carbocycles. The van der Waals surface area contributed by atoms with Crippen molar-refractivity contribution in [2.45, 2.75) is 25.8 Å². The highest BCUT2D eigenvalue weighted by atomic mass is 19.1. The van der Waals surface area contributed by atoms with Gasteiger partial charge in [-0.15, -0.1) is 0 Å². The van der Waals surface area contributed by atoms with Gasteiger partial charge in [-0.1, -0.05) is 0 Å². The molecule has 1 heterocycles. The molecular weight excluding hydrogens is 257 g/mol. The molecule has 20 heavy (non-hydrogen) atoms. The fourth-order valence-corrected chi connectivity index (χ4v) is 2.71. The summed E-state index contributed by atoms with van der Waals surface area (Å²) in [4.78, 5) is 4.48. The Hall–Kier alpha value is -1.49. The highest BCUT2D eigenvalue weighted by Crippen LogP contribution is 2.33. The first-order valence-corrected chi connectivity index (χ1v) is 7.16. The van der Waals surface area contributed by atoms with Crippen LogP contribution in [0.2, 0.25) is 0 Å². The van der Waals surface area contributed by atoms with Gasteiger partial charge in [-0.2, -0.15) is 0 Å². The van der Waals surface area contributed by atoms with Gasteiger partial charge in [0.1, 0.15) is 0 Å². The van der Waals surface area contributed by atoms with Crippen LogP contribution in [0.3, 0.4) is 0 Å². The summed E-state index contributed by atoms with van der Waals surface area (Å²) in [5.74, 6) is -0.124. The summed E-state index contributed by atoms with van der Waals surface area (Å²) < 4.78 is 19.1. The van der Waals surface area contributed by atoms with Crippen molar-refractivity contribution in [3.8, 4) is 5.75 Å². The van der Waals surface area contributed by atoms with Crippen LogP contribution in [-0.2, 0) is 0 Å².